The second kappa shape index (κ2) is 13.1. The van der Waals surface area contributed by atoms with E-state index in [-0.39, 0.29) is 19.1 Å². The van der Waals surface area contributed by atoms with E-state index in [2.05, 4.69) is 22.1 Å². The van der Waals surface area contributed by atoms with Crippen LogP contribution in [0, 0.1) is 12.0 Å². The molecule has 2 aromatic carbocycles. The molecule has 2 rings (SSSR count). The van der Waals surface area contributed by atoms with Crippen LogP contribution in [0.15, 0.2) is 54.6 Å². The first-order valence-corrected chi connectivity index (χ1v) is 9.52. The molecule has 0 saturated heterocycles. The predicted molar refractivity (Wildman–Crippen MR) is 111 cm³/mol. The van der Waals surface area contributed by atoms with Crippen molar-refractivity contribution in [2.24, 2.45) is 0 Å². The number of benzene rings is 2. The van der Waals surface area contributed by atoms with Gasteiger partial charge in [-0.1, -0.05) is 30.3 Å². The first-order valence-electron chi connectivity index (χ1n) is 9.52. The van der Waals surface area contributed by atoms with Gasteiger partial charge in [0.2, 0.25) is 0 Å². The second-order valence-electron chi connectivity index (χ2n) is 6.02. The van der Waals surface area contributed by atoms with Crippen LogP contribution in [0.2, 0.25) is 0 Å². The normalized spacial score (nSPS) is 11.0. The van der Waals surface area contributed by atoms with Crippen LogP contribution in [0.3, 0.4) is 0 Å². The Morgan fingerprint density at radius 1 is 1.03 bits per heavy atom. The third-order valence-electron chi connectivity index (χ3n) is 3.93. The molecule has 0 bridgehead atoms. The summed E-state index contributed by atoms with van der Waals surface area (Å²) >= 11 is 0. The van der Waals surface area contributed by atoms with E-state index in [9.17, 15) is 4.79 Å². The fourth-order valence-electron chi connectivity index (χ4n) is 2.51. The number of hydrogen-bond acceptors (Lipinski definition) is 5. The Morgan fingerprint density at radius 2 is 1.76 bits per heavy atom. The molecule has 0 spiro atoms. The average Bonchev–Trinajstić information content (AvgIpc) is 2.76. The number of nitrogens with one attached hydrogen (secondary N) is 1. The number of amides is 1. The van der Waals surface area contributed by atoms with E-state index in [0.29, 0.717) is 25.3 Å². The molecule has 0 heterocycles. The van der Waals surface area contributed by atoms with E-state index in [0.717, 1.165) is 11.3 Å². The summed E-state index contributed by atoms with van der Waals surface area (Å²) in [5.74, 6) is 3.98. The lowest BCUT2D eigenvalue weighted by molar-refractivity contribution is -0.134. The fourth-order valence-corrected chi connectivity index (χ4v) is 2.51. The Hall–Kier alpha value is -3.17. The van der Waals surface area contributed by atoms with Gasteiger partial charge in [0.25, 0.3) is 5.91 Å². The quantitative estimate of drug-likeness (QED) is 0.591. The van der Waals surface area contributed by atoms with Gasteiger partial charge in [0.05, 0.1) is 7.11 Å². The number of methoxy groups -OCH3 is 1. The topological polar surface area (TPSA) is 66.0 Å². The maximum absolute atomic E-state index is 12.4. The van der Waals surface area contributed by atoms with Crippen molar-refractivity contribution in [3.8, 4) is 23.5 Å². The Labute approximate surface area is 172 Å². The van der Waals surface area contributed by atoms with Crippen LogP contribution in [0.1, 0.15) is 12.5 Å². The van der Waals surface area contributed by atoms with E-state index in [1.54, 1.807) is 0 Å². The lowest BCUT2D eigenvalue weighted by Crippen LogP contribution is -2.41. The molecule has 1 atom stereocenters. The van der Waals surface area contributed by atoms with Crippen LogP contribution >= 0.6 is 0 Å². The summed E-state index contributed by atoms with van der Waals surface area (Å²) in [6.45, 7) is 3.24. The van der Waals surface area contributed by atoms with Crippen LogP contribution in [0.5, 0.6) is 11.5 Å². The van der Waals surface area contributed by atoms with Crippen LogP contribution in [-0.2, 0) is 20.7 Å². The van der Waals surface area contributed by atoms with Crippen LogP contribution in [0.4, 0.5) is 0 Å². The summed E-state index contributed by atoms with van der Waals surface area (Å²) in [5.41, 5.74) is 1.09. The number of carbonyl (C=O) groups is 1. The van der Waals surface area contributed by atoms with Crippen molar-refractivity contribution < 1.29 is 23.7 Å². The zero-order valence-corrected chi connectivity index (χ0v) is 16.9. The van der Waals surface area contributed by atoms with Gasteiger partial charge in [-0.2, -0.15) is 0 Å². The first-order chi connectivity index (χ1) is 14.2. The number of hydrogen-bond donors (Lipinski definition) is 1. The average molecular weight is 397 g/mol. The van der Waals surface area contributed by atoms with Crippen molar-refractivity contribution >= 4 is 5.91 Å². The third-order valence-corrected chi connectivity index (χ3v) is 3.93. The van der Waals surface area contributed by atoms with Gasteiger partial charge in [0.1, 0.15) is 24.2 Å². The monoisotopic (exact) mass is 397 g/mol. The Morgan fingerprint density at radius 3 is 2.45 bits per heavy atom. The number of carbonyl (C=O) groups excluding carboxylic acids is 1. The summed E-state index contributed by atoms with van der Waals surface area (Å²) in [4.78, 5) is 12.4. The molecule has 1 N–H and O–H groups in total. The van der Waals surface area contributed by atoms with Gasteiger partial charge in [0, 0.05) is 13.2 Å². The summed E-state index contributed by atoms with van der Waals surface area (Å²) in [7, 11) is 1.51. The van der Waals surface area contributed by atoms with Gasteiger partial charge in [0.15, 0.2) is 12.7 Å². The van der Waals surface area contributed by atoms with Crippen LogP contribution < -0.4 is 14.8 Å². The maximum Gasteiger partial charge on any atom is 0.252 e. The Bertz CT molecular complexity index is 780. The largest absolute Gasteiger partial charge is 0.490 e. The molecule has 1 unspecified atom stereocenters. The van der Waals surface area contributed by atoms with Crippen molar-refractivity contribution in [1.29, 1.82) is 0 Å². The lowest BCUT2D eigenvalue weighted by Gasteiger charge is -2.17. The van der Waals surface area contributed by atoms with Crippen molar-refractivity contribution in [2.45, 2.75) is 19.4 Å². The van der Waals surface area contributed by atoms with Gasteiger partial charge in [-0.3, -0.25) is 4.79 Å². The molecule has 29 heavy (non-hydrogen) atoms. The molecule has 6 nitrogen and oxygen atoms in total. The molecular weight excluding hydrogens is 370 g/mol. The van der Waals surface area contributed by atoms with E-state index < -0.39 is 6.10 Å². The van der Waals surface area contributed by atoms with Crippen molar-refractivity contribution in [1.82, 2.24) is 5.32 Å². The molecule has 154 valence electrons. The molecular formula is C23H27NO5. The van der Waals surface area contributed by atoms with Crippen LogP contribution in [0.25, 0.3) is 0 Å². The molecule has 2 aromatic rings. The van der Waals surface area contributed by atoms with Gasteiger partial charge in [-0.05, 0) is 49.1 Å². The molecule has 0 aliphatic rings. The van der Waals surface area contributed by atoms with E-state index >= 15 is 0 Å². The van der Waals surface area contributed by atoms with Crippen molar-refractivity contribution in [3.05, 3.63) is 60.2 Å². The first kappa shape index (κ1) is 22.1. The zero-order valence-electron chi connectivity index (χ0n) is 16.9. The molecule has 1 amide bonds. The SMILES string of the molecule is CCOC(COc1ccccc1)C(=O)NCCc1ccc(OCC#COC)cc1. The van der Waals surface area contributed by atoms with Gasteiger partial charge < -0.3 is 24.3 Å². The molecule has 0 aromatic heterocycles. The summed E-state index contributed by atoms with van der Waals surface area (Å²) in [6, 6.07) is 17.0. The summed E-state index contributed by atoms with van der Waals surface area (Å²) in [5, 5.41) is 2.91. The van der Waals surface area contributed by atoms with E-state index in [1.807, 2.05) is 61.5 Å². The van der Waals surface area contributed by atoms with Gasteiger partial charge >= 0.3 is 0 Å². The molecule has 0 saturated carbocycles. The Kier molecular flexibility index (Phi) is 9.98. The highest BCUT2D eigenvalue weighted by molar-refractivity contribution is 5.80. The number of para-hydroxylation sites is 1. The highest BCUT2D eigenvalue weighted by atomic mass is 16.5. The third kappa shape index (κ3) is 8.58. The lowest BCUT2D eigenvalue weighted by atomic mass is 10.1. The fraction of sp³-hybridized carbons (Fsp3) is 0.348. The minimum Gasteiger partial charge on any atom is -0.490 e. The summed E-state index contributed by atoms with van der Waals surface area (Å²) in [6.07, 6.45) is 2.52. The minimum atomic E-state index is -0.649. The van der Waals surface area contributed by atoms with Crippen LogP contribution in [-0.4, -0.2) is 45.5 Å². The van der Waals surface area contributed by atoms with Gasteiger partial charge in [-0.15, -0.1) is 0 Å². The predicted octanol–water partition coefficient (Wildman–Crippen LogP) is 2.82. The molecule has 0 fully saturated rings. The second-order valence-corrected chi connectivity index (χ2v) is 6.02. The number of rotatable bonds is 11. The number of ether oxygens (including phenoxy) is 4. The Balaban J connectivity index is 1.74. The molecule has 0 radical (unpaired) electrons. The van der Waals surface area contributed by atoms with E-state index in [1.165, 1.54) is 7.11 Å². The maximum atomic E-state index is 12.4. The molecule has 0 aliphatic carbocycles. The highest BCUT2D eigenvalue weighted by Gasteiger charge is 2.19. The standard InChI is InChI=1S/C23H27NO5/c1-3-27-22(18-29-20-8-5-4-6-9-20)23(25)24-15-14-19-10-12-21(13-11-19)28-17-7-16-26-2/h4-6,8-13,22H,3,14-15,17-18H2,1-2H3,(H,24,25). The van der Waals surface area contributed by atoms with Crippen molar-refractivity contribution in [2.75, 3.05) is 33.5 Å². The zero-order chi connectivity index (χ0) is 20.7. The minimum absolute atomic E-state index is 0.168. The van der Waals surface area contributed by atoms with E-state index in [4.69, 9.17) is 14.2 Å². The summed E-state index contributed by atoms with van der Waals surface area (Å²) < 4.78 is 21.3. The molecule has 0 aliphatic heterocycles. The molecule has 6 heteroatoms. The highest BCUT2D eigenvalue weighted by Crippen LogP contribution is 2.12. The van der Waals surface area contributed by atoms with Crippen molar-refractivity contribution in [3.63, 3.8) is 0 Å². The smallest absolute Gasteiger partial charge is 0.252 e. The van der Waals surface area contributed by atoms with Gasteiger partial charge in [-0.25, -0.2) is 0 Å².